The summed E-state index contributed by atoms with van der Waals surface area (Å²) in [5.74, 6) is 0.902. The molecule has 0 aliphatic carbocycles. The number of likely N-dealkylation sites (tertiary alicyclic amines) is 1. The molecule has 0 saturated carbocycles. The molecule has 0 bridgehead atoms. The van der Waals surface area contributed by atoms with E-state index in [9.17, 15) is 5.26 Å². The largest absolute Gasteiger partial charge is 0.340 e. The number of aromatic amines is 1. The lowest BCUT2D eigenvalue weighted by molar-refractivity contribution is 0.362. The molecule has 3 aromatic rings. The van der Waals surface area contributed by atoms with Crippen LogP contribution in [0.25, 0.3) is 22.2 Å². The number of nitrogens with one attached hydrogen (secondary N) is 1. The monoisotopic (exact) mass is 288 g/mol. The predicted octanol–water partition coefficient (Wildman–Crippen LogP) is 3.85. The van der Waals surface area contributed by atoms with Gasteiger partial charge in [0.05, 0.1) is 17.1 Å². The van der Waals surface area contributed by atoms with Crippen LogP contribution in [0.5, 0.6) is 0 Å². The Kier molecular flexibility index (Phi) is 3.05. The second kappa shape index (κ2) is 5.19. The lowest BCUT2D eigenvalue weighted by Gasteiger charge is -2.15. The maximum Gasteiger partial charge on any atom is 0.180 e. The van der Waals surface area contributed by atoms with Crippen molar-refractivity contribution < 1.29 is 0 Å². The maximum atomic E-state index is 9.20. The number of rotatable bonds is 2. The fourth-order valence-corrected chi connectivity index (χ4v) is 3.17. The first-order valence-electron chi connectivity index (χ1n) is 7.56. The number of imidazole rings is 1. The molecule has 1 aliphatic rings. The van der Waals surface area contributed by atoms with Gasteiger partial charge in [0.1, 0.15) is 5.82 Å². The Bertz CT molecular complexity index is 844. The van der Waals surface area contributed by atoms with Crippen LogP contribution in [0, 0.1) is 11.5 Å². The van der Waals surface area contributed by atoms with Crippen molar-refractivity contribution in [1.82, 2.24) is 14.9 Å². The van der Waals surface area contributed by atoms with Gasteiger partial charge in [-0.3, -0.25) is 0 Å². The number of nitrogens with zero attached hydrogens (tertiary/aromatic N) is 3. The third-order valence-electron chi connectivity index (χ3n) is 4.30. The van der Waals surface area contributed by atoms with Crippen molar-refractivity contribution in [2.45, 2.75) is 18.9 Å². The minimum Gasteiger partial charge on any atom is -0.340 e. The van der Waals surface area contributed by atoms with Crippen molar-refractivity contribution in [3.05, 3.63) is 54.4 Å². The summed E-state index contributed by atoms with van der Waals surface area (Å²) in [4.78, 5) is 9.90. The third kappa shape index (κ3) is 2.11. The average Bonchev–Trinajstić information content (AvgIpc) is 3.20. The van der Waals surface area contributed by atoms with Gasteiger partial charge in [-0.25, -0.2) is 4.98 Å². The van der Waals surface area contributed by atoms with E-state index in [-0.39, 0.29) is 6.04 Å². The van der Waals surface area contributed by atoms with Crippen molar-refractivity contribution in [1.29, 1.82) is 5.26 Å². The minimum atomic E-state index is 0.0950. The van der Waals surface area contributed by atoms with E-state index in [0.29, 0.717) is 0 Å². The normalized spacial score (nSPS) is 17.8. The van der Waals surface area contributed by atoms with Crippen LogP contribution in [0.1, 0.15) is 24.7 Å². The minimum absolute atomic E-state index is 0.0950. The highest BCUT2D eigenvalue weighted by Gasteiger charge is 2.27. The number of H-pyrrole nitrogens is 1. The lowest BCUT2D eigenvalue weighted by Crippen LogP contribution is -2.17. The van der Waals surface area contributed by atoms with E-state index >= 15 is 0 Å². The fourth-order valence-electron chi connectivity index (χ4n) is 3.17. The molecule has 2 aromatic carbocycles. The van der Waals surface area contributed by atoms with Crippen molar-refractivity contribution in [2.75, 3.05) is 6.54 Å². The summed E-state index contributed by atoms with van der Waals surface area (Å²) in [6, 6.07) is 16.7. The summed E-state index contributed by atoms with van der Waals surface area (Å²) in [7, 11) is 0. The van der Waals surface area contributed by atoms with Crippen LogP contribution in [0.4, 0.5) is 0 Å². The number of hydrogen-bond donors (Lipinski definition) is 1. The van der Waals surface area contributed by atoms with Crippen molar-refractivity contribution in [3.8, 4) is 17.3 Å². The van der Waals surface area contributed by atoms with Crippen LogP contribution in [0.3, 0.4) is 0 Å². The highest BCUT2D eigenvalue weighted by Crippen LogP contribution is 2.31. The first-order chi connectivity index (χ1) is 10.8. The molecule has 0 radical (unpaired) electrons. The first-order valence-corrected chi connectivity index (χ1v) is 7.56. The molecule has 1 saturated heterocycles. The number of aromatic nitrogens is 2. The molecule has 4 rings (SSSR count). The summed E-state index contributed by atoms with van der Waals surface area (Å²) in [5, 5.41) is 9.20. The molecule has 1 N–H and O–H groups in total. The Hall–Kier alpha value is -2.80. The smallest absolute Gasteiger partial charge is 0.180 e. The van der Waals surface area contributed by atoms with Crippen molar-refractivity contribution in [3.63, 3.8) is 0 Å². The number of benzene rings is 2. The SMILES string of the molecule is N#CN1CCC[C@H]1c1nc2ccc(-c3ccccc3)cc2[nH]1. The van der Waals surface area contributed by atoms with E-state index < -0.39 is 0 Å². The van der Waals surface area contributed by atoms with Gasteiger partial charge in [-0.1, -0.05) is 36.4 Å². The van der Waals surface area contributed by atoms with Gasteiger partial charge < -0.3 is 9.88 Å². The number of hydrogen-bond acceptors (Lipinski definition) is 3. The lowest BCUT2D eigenvalue weighted by atomic mass is 10.1. The van der Waals surface area contributed by atoms with Crippen LogP contribution in [-0.2, 0) is 0 Å². The van der Waals surface area contributed by atoms with Gasteiger partial charge in [0.15, 0.2) is 6.19 Å². The van der Waals surface area contributed by atoms with E-state index in [2.05, 4.69) is 40.4 Å². The summed E-state index contributed by atoms with van der Waals surface area (Å²) in [6.07, 6.45) is 4.30. The molecule has 0 unspecified atom stereocenters. The molecule has 1 aromatic heterocycles. The molecule has 0 amide bonds. The Morgan fingerprint density at radius 2 is 2.00 bits per heavy atom. The van der Waals surface area contributed by atoms with Crippen LogP contribution in [0.15, 0.2) is 48.5 Å². The van der Waals surface area contributed by atoms with E-state index in [4.69, 9.17) is 0 Å². The summed E-state index contributed by atoms with van der Waals surface area (Å²) in [6.45, 7) is 0.827. The summed E-state index contributed by atoms with van der Waals surface area (Å²) in [5.41, 5.74) is 4.35. The Morgan fingerprint density at radius 3 is 2.82 bits per heavy atom. The quantitative estimate of drug-likeness (QED) is 0.729. The number of fused-ring (bicyclic) bond motifs is 1. The zero-order chi connectivity index (χ0) is 14.9. The standard InChI is InChI=1S/C18H16N4/c19-12-22-10-4-7-17(22)18-20-15-9-8-14(11-16(15)21-18)13-5-2-1-3-6-13/h1-3,5-6,8-9,11,17H,4,7,10H2,(H,20,21)/t17-/m0/s1. The second-order valence-corrected chi connectivity index (χ2v) is 5.67. The van der Waals surface area contributed by atoms with Crippen LogP contribution in [-0.4, -0.2) is 21.4 Å². The predicted molar refractivity (Wildman–Crippen MR) is 85.8 cm³/mol. The Balaban J connectivity index is 1.74. The Morgan fingerprint density at radius 1 is 1.14 bits per heavy atom. The molecular formula is C18H16N4. The van der Waals surface area contributed by atoms with E-state index in [1.807, 2.05) is 29.2 Å². The highest BCUT2D eigenvalue weighted by molar-refractivity contribution is 5.82. The van der Waals surface area contributed by atoms with E-state index in [0.717, 1.165) is 36.2 Å². The first kappa shape index (κ1) is 12.9. The maximum absolute atomic E-state index is 9.20. The molecule has 1 aliphatic heterocycles. The molecule has 0 spiro atoms. The molecule has 4 nitrogen and oxygen atoms in total. The second-order valence-electron chi connectivity index (χ2n) is 5.67. The Labute approximate surface area is 129 Å². The van der Waals surface area contributed by atoms with Gasteiger partial charge in [0, 0.05) is 6.54 Å². The van der Waals surface area contributed by atoms with E-state index in [1.54, 1.807) is 0 Å². The molecular weight excluding hydrogens is 272 g/mol. The van der Waals surface area contributed by atoms with Gasteiger partial charge in [-0.2, -0.15) is 5.26 Å². The molecule has 1 atom stereocenters. The molecule has 1 fully saturated rings. The van der Waals surface area contributed by atoms with Gasteiger partial charge in [0.2, 0.25) is 0 Å². The van der Waals surface area contributed by atoms with E-state index in [1.165, 1.54) is 11.1 Å². The van der Waals surface area contributed by atoms with Gasteiger partial charge >= 0.3 is 0 Å². The summed E-state index contributed by atoms with van der Waals surface area (Å²) >= 11 is 0. The van der Waals surface area contributed by atoms with Gasteiger partial charge in [0.25, 0.3) is 0 Å². The molecule has 22 heavy (non-hydrogen) atoms. The summed E-state index contributed by atoms with van der Waals surface area (Å²) < 4.78 is 0. The van der Waals surface area contributed by atoms with Gasteiger partial charge in [-0.05, 0) is 36.1 Å². The zero-order valence-corrected chi connectivity index (χ0v) is 12.2. The zero-order valence-electron chi connectivity index (χ0n) is 12.2. The topological polar surface area (TPSA) is 55.7 Å². The number of nitriles is 1. The van der Waals surface area contributed by atoms with Crippen LogP contribution in [0.2, 0.25) is 0 Å². The average molecular weight is 288 g/mol. The fraction of sp³-hybridized carbons (Fsp3) is 0.222. The molecule has 4 heteroatoms. The van der Waals surface area contributed by atoms with Gasteiger partial charge in [-0.15, -0.1) is 0 Å². The highest BCUT2D eigenvalue weighted by atomic mass is 15.2. The molecule has 108 valence electrons. The van der Waals surface area contributed by atoms with Crippen LogP contribution >= 0.6 is 0 Å². The van der Waals surface area contributed by atoms with Crippen molar-refractivity contribution in [2.24, 2.45) is 0 Å². The van der Waals surface area contributed by atoms with Crippen molar-refractivity contribution >= 4 is 11.0 Å². The third-order valence-corrected chi connectivity index (χ3v) is 4.30. The molecule has 2 heterocycles. The van der Waals surface area contributed by atoms with Crippen LogP contribution < -0.4 is 0 Å².